The fourth-order valence-electron chi connectivity index (χ4n) is 4.80. The summed E-state index contributed by atoms with van der Waals surface area (Å²) in [5.74, 6) is -0.389. The predicted octanol–water partition coefficient (Wildman–Crippen LogP) is 5.21. The van der Waals surface area contributed by atoms with Crippen LogP contribution in [0.15, 0.2) is 59.2 Å². The maximum Gasteiger partial charge on any atom is 0.231 e. The number of amides is 1. The Hall–Kier alpha value is -3.89. The van der Waals surface area contributed by atoms with Gasteiger partial charge in [0, 0.05) is 39.2 Å². The van der Waals surface area contributed by atoms with Gasteiger partial charge in [-0.05, 0) is 84.7 Å². The molecule has 3 heterocycles. The molecule has 4 aromatic rings. The maximum absolute atomic E-state index is 13.6. The molecule has 0 radical (unpaired) electrons. The van der Waals surface area contributed by atoms with Crippen LogP contribution >= 0.6 is 15.9 Å². The fourth-order valence-corrected chi connectivity index (χ4v) is 5.15. The van der Waals surface area contributed by atoms with Gasteiger partial charge in [-0.2, -0.15) is 0 Å². The first kappa shape index (κ1) is 27.7. The largest absolute Gasteiger partial charge is 0.494 e. The Balaban J connectivity index is 1.50. The van der Waals surface area contributed by atoms with E-state index in [1.54, 1.807) is 50.4 Å². The summed E-state index contributed by atoms with van der Waals surface area (Å²) in [4.78, 5) is 34.8. The second-order valence-corrected chi connectivity index (χ2v) is 11.2. The topological polar surface area (TPSA) is 125 Å². The van der Waals surface area contributed by atoms with Gasteiger partial charge in [-0.25, -0.2) is 9.37 Å². The predicted molar refractivity (Wildman–Crippen MR) is 151 cm³/mol. The van der Waals surface area contributed by atoms with Crippen molar-refractivity contribution >= 4 is 38.5 Å². The van der Waals surface area contributed by atoms with Crippen LogP contribution in [-0.4, -0.2) is 40.5 Å². The highest BCUT2D eigenvalue weighted by molar-refractivity contribution is 9.10. The van der Waals surface area contributed by atoms with Gasteiger partial charge in [0.2, 0.25) is 5.91 Å². The first-order valence-corrected chi connectivity index (χ1v) is 13.4. The number of carbonyl (C=O) groups excluding carboxylic acids is 2. The first-order chi connectivity index (χ1) is 18.9. The third-order valence-electron chi connectivity index (χ3n) is 7.38. The van der Waals surface area contributed by atoms with E-state index in [0.717, 1.165) is 9.86 Å². The van der Waals surface area contributed by atoms with E-state index in [1.807, 2.05) is 6.07 Å². The summed E-state index contributed by atoms with van der Waals surface area (Å²) < 4.78 is 25.7. The first-order valence-electron chi connectivity index (χ1n) is 12.6. The minimum atomic E-state index is -1.56. The summed E-state index contributed by atoms with van der Waals surface area (Å²) in [6.45, 7) is 3.23. The number of fused-ring (bicyclic) bond motifs is 2. The Kier molecular flexibility index (Phi) is 7.09. The average molecular weight is 608 g/mol. The number of hydrogen-bond acceptors (Lipinski definition) is 7. The van der Waals surface area contributed by atoms with Crippen LogP contribution in [-0.2, 0) is 15.8 Å². The van der Waals surface area contributed by atoms with Crippen LogP contribution in [0.1, 0.15) is 48.3 Å². The molecule has 5 rings (SSSR count). The molecule has 1 amide bonds. The summed E-state index contributed by atoms with van der Waals surface area (Å²) >= 11 is 3.40. The molecular weight excluding hydrogens is 581 g/mol. The van der Waals surface area contributed by atoms with E-state index in [1.165, 1.54) is 19.2 Å². The van der Waals surface area contributed by atoms with Crippen LogP contribution in [0.3, 0.4) is 0 Å². The number of halogens is 2. The Morgan fingerprint density at radius 1 is 1.23 bits per heavy atom. The lowest BCUT2D eigenvalue weighted by Crippen LogP contribution is -2.40. The van der Waals surface area contributed by atoms with Crippen molar-refractivity contribution in [3.05, 3.63) is 81.8 Å². The van der Waals surface area contributed by atoms with E-state index in [4.69, 9.17) is 15.2 Å². The Labute approximate surface area is 238 Å². The summed E-state index contributed by atoms with van der Waals surface area (Å²) in [5.41, 5.74) is 5.68. The van der Waals surface area contributed by atoms with E-state index in [0.29, 0.717) is 39.4 Å². The zero-order valence-corrected chi connectivity index (χ0v) is 23.7. The molecule has 206 valence electrons. The standard InChI is InChI=1S/C30H27BrFN3O5/c1-29(28(33)37)15-40-27-21(29)13-24(35-26(27)16-4-6-20(32)7-5-16)30(2,38)9-8-22(36)17-10-18-11-19(31)14-34-25(18)23(12-17)39-3/h4-7,10-14,38H,8-9,15H2,1-3H3,(H2,33,37)/t29-,30-/m0/s1. The van der Waals surface area contributed by atoms with Crippen molar-refractivity contribution in [2.75, 3.05) is 13.7 Å². The molecule has 10 heteroatoms. The molecular formula is C30H27BrFN3O5. The van der Waals surface area contributed by atoms with Gasteiger partial charge in [-0.15, -0.1) is 0 Å². The zero-order valence-electron chi connectivity index (χ0n) is 22.1. The molecule has 2 aromatic carbocycles. The number of Topliss-reactive ketones (excluding diaryl/α,β-unsaturated/α-hetero) is 1. The molecule has 1 aliphatic heterocycles. The summed E-state index contributed by atoms with van der Waals surface area (Å²) in [6, 6.07) is 12.5. The number of pyridine rings is 2. The van der Waals surface area contributed by atoms with Crippen LogP contribution in [0.25, 0.3) is 22.2 Å². The number of carbonyl (C=O) groups is 2. The molecule has 0 unspecified atom stereocenters. The van der Waals surface area contributed by atoms with Crippen LogP contribution in [0, 0.1) is 5.82 Å². The van der Waals surface area contributed by atoms with Crippen molar-refractivity contribution in [2.45, 2.75) is 37.7 Å². The number of nitrogens with zero attached hydrogens (tertiary/aromatic N) is 2. The monoisotopic (exact) mass is 607 g/mol. The van der Waals surface area contributed by atoms with Crippen LogP contribution < -0.4 is 15.2 Å². The number of ether oxygens (including phenoxy) is 2. The number of aromatic nitrogens is 2. The highest BCUT2D eigenvalue weighted by Gasteiger charge is 2.45. The third kappa shape index (κ3) is 4.93. The molecule has 2 aromatic heterocycles. The van der Waals surface area contributed by atoms with Gasteiger partial charge in [0.15, 0.2) is 5.78 Å². The molecule has 8 nitrogen and oxygen atoms in total. The van der Waals surface area contributed by atoms with Gasteiger partial charge >= 0.3 is 0 Å². The Morgan fingerprint density at radius 3 is 2.62 bits per heavy atom. The number of aliphatic hydroxyl groups is 1. The van der Waals surface area contributed by atoms with E-state index in [-0.39, 0.29) is 30.9 Å². The van der Waals surface area contributed by atoms with Gasteiger partial charge in [0.05, 0.1) is 12.8 Å². The lowest BCUT2D eigenvalue weighted by molar-refractivity contribution is -0.123. The van der Waals surface area contributed by atoms with Crippen molar-refractivity contribution in [3.63, 3.8) is 0 Å². The molecule has 2 atom stereocenters. The van der Waals surface area contributed by atoms with Crippen molar-refractivity contribution in [1.82, 2.24) is 9.97 Å². The SMILES string of the molecule is COc1cc(C(=O)CC[C@](C)(O)c2cc3c(c(-c4ccc(F)cc4)n2)OC[C@]3(C)C(N)=O)cc2cc(Br)cnc12. The average Bonchev–Trinajstić information content (AvgIpc) is 3.28. The van der Waals surface area contributed by atoms with Crippen LogP contribution in [0.5, 0.6) is 11.5 Å². The summed E-state index contributed by atoms with van der Waals surface area (Å²) in [7, 11) is 1.51. The fraction of sp³-hybridized carbons (Fsp3) is 0.267. The molecule has 3 N–H and O–H groups in total. The minimum absolute atomic E-state index is 0.00265. The molecule has 0 saturated heterocycles. The number of methoxy groups -OCH3 is 1. The number of primary amides is 1. The lowest BCUT2D eigenvalue weighted by atomic mass is 9.81. The molecule has 1 aliphatic rings. The quantitative estimate of drug-likeness (QED) is 0.263. The second-order valence-electron chi connectivity index (χ2n) is 10.3. The molecule has 0 spiro atoms. The van der Waals surface area contributed by atoms with Gasteiger partial charge in [0.1, 0.15) is 46.1 Å². The van der Waals surface area contributed by atoms with E-state index in [9.17, 15) is 19.1 Å². The number of rotatable bonds is 8. The highest BCUT2D eigenvalue weighted by atomic mass is 79.9. The van der Waals surface area contributed by atoms with Crippen LogP contribution in [0.2, 0.25) is 0 Å². The van der Waals surface area contributed by atoms with Gasteiger partial charge in [0.25, 0.3) is 0 Å². The lowest BCUT2D eigenvalue weighted by Gasteiger charge is -2.26. The Bertz CT molecular complexity index is 1660. The molecule has 40 heavy (non-hydrogen) atoms. The van der Waals surface area contributed by atoms with Gasteiger partial charge in [-0.3, -0.25) is 14.6 Å². The second kappa shape index (κ2) is 10.3. The molecule has 0 aliphatic carbocycles. The minimum Gasteiger partial charge on any atom is -0.494 e. The molecule has 0 fully saturated rings. The number of benzene rings is 2. The smallest absolute Gasteiger partial charge is 0.231 e. The van der Waals surface area contributed by atoms with Crippen molar-refractivity contribution in [3.8, 4) is 22.8 Å². The van der Waals surface area contributed by atoms with Crippen molar-refractivity contribution in [1.29, 1.82) is 0 Å². The van der Waals surface area contributed by atoms with Crippen LogP contribution in [0.4, 0.5) is 4.39 Å². The highest BCUT2D eigenvalue weighted by Crippen LogP contribution is 2.46. The van der Waals surface area contributed by atoms with E-state index in [2.05, 4.69) is 25.9 Å². The third-order valence-corrected chi connectivity index (χ3v) is 7.82. The normalized spacial score (nSPS) is 17.6. The summed E-state index contributed by atoms with van der Waals surface area (Å²) in [6.07, 6.45) is 1.69. The molecule has 0 bridgehead atoms. The maximum atomic E-state index is 13.6. The number of hydrogen-bond donors (Lipinski definition) is 2. The van der Waals surface area contributed by atoms with Gasteiger partial charge < -0.3 is 20.3 Å². The van der Waals surface area contributed by atoms with E-state index >= 15 is 0 Å². The van der Waals surface area contributed by atoms with Gasteiger partial charge in [-0.1, -0.05) is 0 Å². The van der Waals surface area contributed by atoms with Crippen molar-refractivity contribution < 1.29 is 28.6 Å². The zero-order chi connectivity index (χ0) is 28.8. The number of nitrogens with two attached hydrogens (primary N) is 1. The van der Waals surface area contributed by atoms with E-state index < -0.39 is 22.7 Å². The number of ketones is 1. The Morgan fingerprint density at radius 2 is 1.95 bits per heavy atom. The summed E-state index contributed by atoms with van der Waals surface area (Å²) in [5, 5.41) is 12.3. The molecule has 0 saturated carbocycles. The van der Waals surface area contributed by atoms with Crippen molar-refractivity contribution in [2.24, 2.45) is 5.73 Å².